The van der Waals surface area contributed by atoms with Gasteiger partial charge in [-0.15, -0.1) is 11.3 Å². The van der Waals surface area contributed by atoms with Gasteiger partial charge in [-0.05, 0) is 49.9 Å². The summed E-state index contributed by atoms with van der Waals surface area (Å²) in [5, 5.41) is 0. The van der Waals surface area contributed by atoms with Crippen molar-refractivity contribution < 1.29 is 9.59 Å². The predicted octanol–water partition coefficient (Wildman–Crippen LogP) is 3.69. The molecule has 2 heterocycles. The topological polar surface area (TPSA) is 50.3 Å². The average Bonchev–Trinajstić information content (AvgIpc) is 3.02. The van der Waals surface area contributed by atoms with Gasteiger partial charge in [-0.3, -0.25) is 9.59 Å². The molecule has 1 fully saturated rings. The zero-order chi connectivity index (χ0) is 15.3. The quantitative estimate of drug-likeness (QED) is 0.625. The van der Waals surface area contributed by atoms with E-state index in [0.717, 1.165) is 26.5 Å². The lowest BCUT2D eigenvalue weighted by molar-refractivity contribution is -0.131. The summed E-state index contributed by atoms with van der Waals surface area (Å²) >= 11 is 2.72. The molecule has 2 aromatic rings. The minimum absolute atomic E-state index is 0.120. The summed E-state index contributed by atoms with van der Waals surface area (Å²) in [6.45, 7) is 8.40. The average molecular weight is 320 g/mol. The molecule has 2 amide bonds. The van der Waals surface area contributed by atoms with Crippen molar-refractivity contribution in [1.82, 2.24) is 9.29 Å². The Morgan fingerprint density at radius 3 is 2.14 bits per heavy atom. The minimum atomic E-state index is -0.120. The van der Waals surface area contributed by atoms with Gasteiger partial charge in [0.25, 0.3) is 0 Å². The van der Waals surface area contributed by atoms with Crippen LogP contribution in [0.1, 0.15) is 35.1 Å². The fraction of sp³-hybridized carbons (Fsp3) is 0.400. The zero-order valence-electron chi connectivity index (χ0n) is 12.4. The molecule has 0 saturated carbocycles. The molecule has 0 aliphatic carbocycles. The third-order valence-electron chi connectivity index (χ3n) is 4.17. The van der Waals surface area contributed by atoms with Crippen LogP contribution < -0.4 is 0 Å². The number of carbonyl (C=O) groups excluding carboxylic acids is 2. The monoisotopic (exact) mass is 320 g/mol. The van der Waals surface area contributed by atoms with Gasteiger partial charge in [-0.2, -0.15) is 0 Å². The summed E-state index contributed by atoms with van der Waals surface area (Å²) in [5.74, 6) is -0.241. The van der Waals surface area contributed by atoms with Crippen molar-refractivity contribution >= 4 is 45.3 Å². The number of amides is 2. The first-order valence-electron chi connectivity index (χ1n) is 6.80. The van der Waals surface area contributed by atoms with Crippen molar-refractivity contribution in [2.45, 2.75) is 44.9 Å². The zero-order valence-corrected chi connectivity index (χ0v) is 14.1. The van der Waals surface area contributed by atoms with E-state index in [4.69, 9.17) is 0 Å². The maximum Gasteiger partial charge on any atom is 0.240 e. The van der Waals surface area contributed by atoms with Crippen molar-refractivity contribution in [2.75, 3.05) is 0 Å². The molecule has 0 bridgehead atoms. The van der Waals surface area contributed by atoms with E-state index < -0.39 is 0 Å². The van der Waals surface area contributed by atoms with E-state index in [0.29, 0.717) is 12.8 Å². The number of aryl methyl sites for hydroxylation is 2. The number of nitrogens with zero attached hydrogens (tertiary/aromatic N) is 2. The van der Waals surface area contributed by atoms with E-state index in [1.165, 1.54) is 26.6 Å². The third kappa shape index (κ3) is 2.26. The van der Waals surface area contributed by atoms with Gasteiger partial charge in [0.15, 0.2) is 4.34 Å². The molecule has 0 radical (unpaired) electrons. The summed E-state index contributed by atoms with van der Waals surface area (Å²) in [4.78, 5) is 28.1. The number of fused-ring (bicyclic) bond motifs is 1. The van der Waals surface area contributed by atoms with E-state index in [-0.39, 0.29) is 11.8 Å². The van der Waals surface area contributed by atoms with Crippen LogP contribution in [-0.4, -0.2) is 21.1 Å². The second kappa shape index (κ2) is 5.10. The summed E-state index contributed by atoms with van der Waals surface area (Å²) in [5.41, 5.74) is 5.94. The van der Waals surface area contributed by atoms with Gasteiger partial charge < -0.3 is 0 Å². The second-order valence-corrected chi connectivity index (χ2v) is 7.52. The van der Waals surface area contributed by atoms with Crippen LogP contribution in [0.25, 0.3) is 10.2 Å². The van der Waals surface area contributed by atoms with E-state index in [2.05, 4.69) is 32.7 Å². The van der Waals surface area contributed by atoms with Crippen LogP contribution in [0.3, 0.4) is 0 Å². The van der Waals surface area contributed by atoms with Crippen molar-refractivity contribution in [1.29, 1.82) is 0 Å². The largest absolute Gasteiger partial charge is 0.273 e. The van der Waals surface area contributed by atoms with Crippen LogP contribution in [0.2, 0.25) is 0 Å². The SMILES string of the molecule is Cc1c(C)c(C)c2sc(SN3C(=O)CCC3=O)nc2c1C. The Kier molecular flexibility index (Phi) is 3.53. The first-order chi connectivity index (χ1) is 9.90. The number of carbonyl (C=O) groups is 2. The summed E-state index contributed by atoms with van der Waals surface area (Å²) in [6, 6.07) is 0. The summed E-state index contributed by atoms with van der Waals surface area (Å²) < 4.78 is 3.16. The van der Waals surface area contributed by atoms with E-state index in [1.54, 1.807) is 11.3 Å². The number of hydrogen-bond donors (Lipinski definition) is 0. The Balaban J connectivity index is 2.06. The van der Waals surface area contributed by atoms with Gasteiger partial charge in [0.2, 0.25) is 11.8 Å². The number of aromatic nitrogens is 1. The smallest absolute Gasteiger partial charge is 0.240 e. The second-order valence-electron chi connectivity index (χ2n) is 5.33. The number of thiazole rings is 1. The standard InChI is InChI=1S/C15H16N2O2S2/c1-7-8(2)10(4)14-13(9(7)3)16-15(20-14)21-17-11(18)5-6-12(17)19/h5-6H2,1-4H3. The Bertz CT molecular complexity index is 719. The van der Waals surface area contributed by atoms with Crippen molar-refractivity contribution in [3.63, 3.8) is 0 Å². The lowest BCUT2D eigenvalue weighted by Gasteiger charge is -2.09. The number of benzene rings is 1. The van der Waals surface area contributed by atoms with E-state index >= 15 is 0 Å². The molecule has 0 spiro atoms. The van der Waals surface area contributed by atoms with Crippen molar-refractivity contribution in [3.05, 3.63) is 22.3 Å². The maximum absolute atomic E-state index is 11.7. The van der Waals surface area contributed by atoms with Crippen LogP contribution in [0, 0.1) is 27.7 Å². The molecule has 110 valence electrons. The highest BCUT2D eigenvalue weighted by Gasteiger charge is 2.31. The lowest BCUT2D eigenvalue weighted by atomic mass is 9.99. The Hall–Kier alpha value is -1.40. The lowest BCUT2D eigenvalue weighted by Crippen LogP contribution is -2.20. The molecular weight excluding hydrogens is 304 g/mol. The highest BCUT2D eigenvalue weighted by atomic mass is 32.2. The first-order valence-corrected chi connectivity index (χ1v) is 8.39. The van der Waals surface area contributed by atoms with Gasteiger partial charge in [0.1, 0.15) is 0 Å². The van der Waals surface area contributed by atoms with Gasteiger partial charge >= 0.3 is 0 Å². The molecule has 0 unspecified atom stereocenters. The van der Waals surface area contributed by atoms with E-state index in [1.807, 2.05) is 0 Å². The van der Waals surface area contributed by atoms with Crippen LogP contribution in [0.4, 0.5) is 0 Å². The first kappa shape index (κ1) is 14.5. The van der Waals surface area contributed by atoms with Crippen LogP contribution in [0.5, 0.6) is 0 Å². The number of rotatable bonds is 2. The molecule has 0 atom stereocenters. The molecule has 1 aliphatic rings. The Morgan fingerprint density at radius 1 is 0.952 bits per heavy atom. The molecule has 0 N–H and O–H groups in total. The maximum atomic E-state index is 11.7. The molecule has 4 nitrogen and oxygen atoms in total. The molecular formula is C15H16N2O2S2. The normalized spacial score (nSPS) is 15.5. The third-order valence-corrected chi connectivity index (χ3v) is 6.45. The highest BCUT2D eigenvalue weighted by molar-refractivity contribution is 8.00. The van der Waals surface area contributed by atoms with Crippen LogP contribution in [0.15, 0.2) is 4.34 Å². The summed E-state index contributed by atoms with van der Waals surface area (Å²) in [7, 11) is 0. The number of hydrogen-bond acceptors (Lipinski definition) is 5. The van der Waals surface area contributed by atoms with Crippen molar-refractivity contribution in [3.8, 4) is 0 Å². The molecule has 1 aromatic heterocycles. The van der Waals surface area contributed by atoms with Crippen LogP contribution in [-0.2, 0) is 9.59 Å². The van der Waals surface area contributed by atoms with E-state index in [9.17, 15) is 9.59 Å². The van der Waals surface area contributed by atoms with Crippen molar-refractivity contribution in [2.24, 2.45) is 0 Å². The molecule has 6 heteroatoms. The molecule has 1 aliphatic heterocycles. The minimum Gasteiger partial charge on any atom is -0.273 e. The fourth-order valence-electron chi connectivity index (χ4n) is 2.49. The van der Waals surface area contributed by atoms with Gasteiger partial charge in [0, 0.05) is 24.8 Å². The van der Waals surface area contributed by atoms with Gasteiger partial charge in [-0.1, -0.05) is 0 Å². The van der Waals surface area contributed by atoms with Gasteiger partial charge in [0.05, 0.1) is 10.2 Å². The molecule has 1 saturated heterocycles. The number of imide groups is 1. The molecule has 3 rings (SSSR count). The van der Waals surface area contributed by atoms with Gasteiger partial charge in [-0.25, -0.2) is 9.29 Å². The Morgan fingerprint density at radius 2 is 1.52 bits per heavy atom. The highest BCUT2D eigenvalue weighted by Crippen LogP contribution is 2.38. The molecule has 21 heavy (non-hydrogen) atoms. The fourth-order valence-corrected chi connectivity index (χ4v) is 4.70. The molecule has 1 aromatic carbocycles. The predicted molar refractivity (Wildman–Crippen MR) is 85.5 cm³/mol. The van der Waals surface area contributed by atoms with Crippen LogP contribution >= 0.6 is 23.3 Å². The Labute approximate surface area is 131 Å². The summed E-state index contributed by atoms with van der Waals surface area (Å²) in [6.07, 6.45) is 0.625.